The maximum Gasteiger partial charge on any atom is 0.174 e. The number of oxime groups is 2. The van der Waals surface area contributed by atoms with Crippen molar-refractivity contribution in [2.45, 2.75) is 0 Å². The van der Waals surface area contributed by atoms with E-state index in [9.17, 15) is 9.59 Å². The normalized spacial score (nSPS) is 12.8. The molecule has 54 valence electrons. The number of carbonyl (C=O) groups excluding carboxylic acids is 2. The molecule has 0 aliphatic rings. The third-order valence-electron chi connectivity index (χ3n) is 0.701. The highest BCUT2D eigenvalue weighted by atomic mass is 16.4. The summed E-state index contributed by atoms with van der Waals surface area (Å²) in [6.07, 6.45) is 0.174. The Morgan fingerprint density at radius 2 is 1.30 bits per heavy atom. The Balaban J connectivity index is 4.58. The van der Waals surface area contributed by atoms with E-state index in [1.54, 1.807) is 0 Å². The standard InChI is InChI=1S/C4H4N2O4/c7-1-3(5-9)4(2-8)6-10/h1-2,9-10H/b5-3+,6-4+. The van der Waals surface area contributed by atoms with Gasteiger partial charge < -0.3 is 10.4 Å². The summed E-state index contributed by atoms with van der Waals surface area (Å²) in [5, 5.41) is 20.7. The average Bonchev–Trinajstić information content (AvgIpc) is 2.00. The summed E-state index contributed by atoms with van der Waals surface area (Å²) in [6.45, 7) is 0. The van der Waals surface area contributed by atoms with Gasteiger partial charge in [0.05, 0.1) is 0 Å². The Morgan fingerprint density at radius 3 is 1.40 bits per heavy atom. The highest BCUT2D eigenvalue weighted by molar-refractivity contribution is 6.74. The van der Waals surface area contributed by atoms with Crippen molar-refractivity contribution in [1.29, 1.82) is 0 Å². The molecule has 0 fully saturated rings. The van der Waals surface area contributed by atoms with Gasteiger partial charge in [0.2, 0.25) is 0 Å². The van der Waals surface area contributed by atoms with Crippen LogP contribution >= 0.6 is 0 Å². The molecule has 0 saturated heterocycles. The molecule has 0 bridgehead atoms. The predicted molar refractivity (Wildman–Crippen MR) is 30.6 cm³/mol. The Hall–Kier alpha value is -1.72. The fraction of sp³-hybridized carbons (Fsp3) is 0. The molecule has 10 heavy (non-hydrogen) atoms. The van der Waals surface area contributed by atoms with Crippen LogP contribution in [-0.2, 0) is 9.59 Å². The first-order chi connectivity index (χ1) is 4.79. The van der Waals surface area contributed by atoms with Crippen LogP contribution in [0.4, 0.5) is 0 Å². The van der Waals surface area contributed by atoms with Crippen molar-refractivity contribution in [3.63, 3.8) is 0 Å². The van der Waals surface area contributed by atoms with Gasteiger partial charge in [0, 0.05) is 0 Å². The topological polar surface area (TPSA) is 99.3 Å². The lowest BCUT2D eigenvalue weighted by atomic mass is 10.3. The molecule has 0 saturated carbocycles. The van der Waals surface area contributed by atoms with E-state index in [1.807, 2.05) is 0 Å². The monoisotopic (exact) mass is 144 g/mol. The van der Waals surface area contributed by atoms with E-state index in [0.717, 1.165) is 0 Å². The Bertz CT molecular complexity index is 173. The van der Waals surface area contributed by atoms with E-state index < -0.39 is 11.4 Å². The number of carbonyl (C=O) groups is 2. The summed E-state index contributed by atoms with van der Waals surface area (Å²) in [7, 11) is 0. The van der Waals surface area contributed by atoms with E-state index in [2.05, 4.69) is 10.3 Å². The first-order valence-electron chi connectivity index (χ1n) is 2.15. The second-order valence-electron chi connectivity index (χ2n) is 1.21. The van der Waals surface area contributed by atoms with Gasteiger partial charge in [0.25, 0.3) is 0 Å². The van der Waals surface area contributed by atoms with Crippen LogP contribution in [0, 0.1) is 0 Å². The number of hydrogen-bond acceptors (Lipinski definition) is 6. The molecule has 0 rings (SSSR count). The van der Waals surface area contributed by atoms with Gasteiger partial charge in [-0.05, 0) is 0 Å². The van der Waals surface area contributed by atoms with Gasteiger partial charge in [-0.1, -0.05) is 10.3 Å². The minimum absolute atomic E-state index is 0.0868. The zero-order valence-corrected chi connectivity index (χ0v) is 4.76. The Labute approximate surface area is 55.4 Å². The van der Waals surface area contributed by atoms with E-state index >= 15 is 0 Å². The van der Waals surface area contributed by atoms with Crippen LogP contribution in [-0.4, -0.2) is 34.4 Å². The molecule has 0 atom stereocenters. The fourth-order valence-electron chi connectivity index (χ4n) is 0.270. The molecule has 6 nitrogen and oxygen atoms in total. The molecule has 0 amide bonds. The molecule has 0 unspecified atom stereocenters. The van der Waals surface area contributed by atoms with E-state index in [-0.39, 0.29) is 12.6 Å². The van der Waals surface area contributed by atoms with Crippen LogP contribution in [0.3, 0.4) is 0 Å². The second kappa shape index (κ2) is 4.19. The van der Waals surface area contributed by atoms with Crippen molar-refractivity contribution in [1.82, 2.24) is 0 Å². The van der Waals surface area contributed by atoms with Crippen molar-refractivity contribution in [2.24, 2.45) is 10.3 Å². The van der Waals surface area contributed by atoms with Gasteiger partial charge in [0.15, 0.2) is 24.0 Å². The summed E-state index contributed by atoms with van der Waals surface area (Å²) >= 11 is 0. The fourth-order valence-corrected chi connectivity index (χ4v) is 0.270. The smallest absolute Gasteiger partial charge is 0.174 e. The lowest BCUT2D eigenvalue weighted by Gasteiger charge is -1.86. The summed E-state index contributed by atoms with van der Waals surface area (Å²) in [5.74, 6) is 0. The summed E-state index contributed by atoms with van der Waals surface area (Å²) in [4.78, 5) is 19.7. The van der Waals surface area contributed by atoms with E-state index in [4.69, 9.17) is 10.4 Å². The Kier molecular flexibility index (Phi) is 3.47. The van der Waals surface area contributed by atoms with Crippen LogP contribution in [0.15, 0.2) is 10.3 Å². The largest absolute Gasteiger partial charge is 0.410 e. The van der Waals surface area contributed by atoms with Crippen molar-refractivity contribution in [3.8, 4) is 0 Å². The van der Waals surface area contributed by atoms with Crippen LogP contribution in [0.1, 0.15) is 0 Å². The van der Waals surface area contributed by atoms with Crippen molar-refractivity contribution >= 4 is 24.0 Å². The Morgan fingerprint density at radius 1 is 1.00 bits per heavy atom. The first kappa shape index (κ1) is 8.28. The minimum atomic E-state index is -0.613. The lowest BCUT2D eigenvalue weighted by Crippen LogP contribution is -2.16. The number of aldehydes is 2. The maximum atomic E-state index is 9.85. The number of rotatable bonds is 3. The highest BCUT2D eigenvalue weighted by Gasteiger charge is 2.06. The molecule has 0 aromatic carbocycles. The average molecular weight is 144 g/mol. The SMILES string of the molecule is O=CC(=N\O)/C(C=O)=N/O. The molecule has 0 aromatic heterocycles. The maximum absolute atomic E-state index is 9.85. The molecule has 0 radical (unpaired) electrons. The molecular weight excluding hydrogens is 140 g/mol. The first-order valence-corrected chi connectivity index (χ1v) is 2.15. The van der Waals surface area contributed by atoms with Gasteiger partial charge in [-0.2, -0.15) is 0 Å². The molecule has 2 N–H and O–H groups in total. The zero-order valence-electron chi connectivity index (χ0n) is 4.76. The van der Waals surface area contributed by atoms with Gasteiger partial charge >= 0.3 is 0 Å². The summed E-state index contributed by atoms with van der Waals surface area (Å²) in [5.41, 5.74) is -1.23. The van der Waals surface area contributed by atoms with Crippen LogP contribution in [0.5, 0.6) is 0 Å². The van der Waals surface area contributed by atoms with Crippen LogP contribution in [0.25, 0.3) is 0 Å². The van der Waals surface area contributed by atoms with Gasteiger partial charge in [-0.15, -0.1) is 0 Å². The molecule has 6 heteroatoms. The van der Waals surface area contributed by atoms with Gasteiger partial charge in [-0.3, -0.25) is 9.59 Å². The van der Waals surface area contributed by atoms with Gasteiger partial charge in [-0.25, -0.2) is 0 Å². The van der Waals surface area contributed by atoms with E-state index in [1.165, 1.54) is 0 Å². The van der Waals surface area contributed by atoms with Crippen molar-refractivity contribution in [2.75, 3.05) is 0 Å². The quantitative estimate of drug-likeness (QED) is 0.230. The molecule has 0 aliphatic heterocycles. The van der Waals surface area contributed by atoms with Crippen molar-refractivity contribution < 1.29 is 20.0 Å². The van der Waals surface area contributed by atoms with Crippen molar-refractivity contribution in [3.05, 3.63) is 0 Å². The molecule has 0 spiro atoms. The van der Waals surface area contributed by atoms with Crippen LogP contribution in [0.2, 0.25) is 0 Å². The second-order valence-corrected chi connectivity index (χ2v) is 1.21. The number of nitrogens with zero attached hydrogens (tertiary/aromatic N) is 2. The summed E-state index contributed by atoms with van der Waals surface area (Å²) in [6, 6.07) is 0. The highest BCUT2D eigenvalue weighted by Crippen LogP contribution is 1.76. The van der Waals surface area contributed by atoms with Gasteiger partial charge in [0.1, 0.15) is 0 Å². The third-order valence-corrected chi connectivity index (χ3v) is 0.701. The molecule has 0 aromatic rings. The lowest BCUT2D eigenvalue weighted by molar-refractivity contribution is -0.104. The number of hydrogen-bond donors (Lipinski definition) is 2. The van der Waals surface area contributed by atoms with E-state index in [0.29, 0.717) is 0 Å². The zero-order chi connectivity index (χ0) is 7.98. The molecule has 0 heterocycles. The molecular formula is C4H4N2O4. The third kappa shape index (κ3) is 1.66. The minimum Gasteiger partial charge on any atom is -0.410 e. The predicted octanol–water partition coefficient (Wildman–Crippen LogP) is -0.955. The van der Waals surface area contributed by atoms with Crippen LogP contribution < -0.4 is 0 Å². The molecule has 0 aliphatic carbocycles. The summed E-state index contributed by atoms with van der Waals surface area (Å²) < 4.78 is 0.